The number of fused-ring (bicyclic) bond motifs is 1. The molecule has 1 aromatic carbocycles. The molecular weight excluding hydrogens is 260 g/mol. The molecular formula is C18H26N2O. The van der Waals surface area contributed by atoms with Crippen molar-refractivity contribution in [3.05, 3.63) is 35.4 Å². The molecule has 1 heterocycles. The number of hydrogen-bond acceptors (Lipinski definition) is 2. The summed E-state index contributed by atoms with van der Waals surface area (Å²) in [5.41, 5.74) is 2.61. The van der Waals surface area contributed by atoms with Crippen molar-refractivity contribution in [2.75, 3.05) is 19.6 Å². The summed E-state index contributed by atoms with van der Waals surface area (Å²) in [7, 11) is 0. The summed E-state index contributed by atoms with van der Waals surface area (Å²) >= 11 is 0. The predicted octanol–water partition coefficient (Wildman–Crippen LogP) is 2.47. The Bertz CT molecular complexity index is 500. The van der Waals surface area contributed by atoms with E-state index >= 15 is 0 Å². The molecule has 0 spiro atoms. The lowest BCUT2D eigenvalue weighted by Gasteiger charge is -2.31. The largest absolute Gasteiger partial charge is 0.355 e. The van der Waals surface area contributed by atoms with E-state index < -0.39 is 0 Å². The number of hydrogen-bond donors (Lipinski definition) is 2. The average molecular weight is 286 g/mol. The van der Waals surface area contributed by atoms with E-state index in [0.717, 1.165) is 38.9 Å². The van der Waals surface area contributed by atoms with E-state index in [1.54, 1.807) is 0 Å². The van der Waals surface area contributed by atoms with Gasteiger partial charge in [0, 0.05) is 6.54 Å². The normalized spacial score (nSPS) is 28.7. The Morgan fingerprint density at radius 1 is 1.33 bits per heavy atom. The lowest BCUT2D eigenvalue weighted by atomic mass is 9.82. The van der Waals surface area contributed by atoms with E-state index in [0.29, 0.717) is 11.8 Å². The Labute approximate surface area is 127 Å². The topological polar surface area (TPSA) is 41.1 Å². The van der Waals surface area contributed by atoms with Crippen LogP contribution < -0.4 is 10.6 Å². The van der Waals surface area contributed by atoms with Gasteiger partial charge in [0.2, 0.25) is 5.91 Å². The monoisotopic (exact) mass is 286 g/mol. The number of carbonyl (C=O) groups excluding carboxylic acids is 1. The standard InChI is InChI=1S/C18H26N2O/c1-13-11-19-10-9-15(13)12-20-18(21)17-8-4-6-14-5-2-3-7-16(14)17/h2-3,5,7,13,15,17,19H,4,6,8-12H2,1H3,(H,20,21). The second-order valence-corrected chi connectivity index (χ2v) is 6.62. The Balaban J connectivity index is 1.61. The highest BCUT2D eigenvalue weighted by molar-refractivity contribution is 5.84. The van der Waals surface area contributed by atoms with Crippen molar-refractivity contribution in [1.29, 1.82) is 0 Å². The molecule has 3 unspecified atom stereocenters. The third kappa shape index (κ3) is 3.29. The van der Waals surface area contributed by atoms with Gasteiger partial charge in [0.05, 0.1) is 5.92 Å². The molecule has 1 aliphatic carbocycles. The van der Waals surface area contributed by atoms with E-state index in [4.69, 9.17) is 0 Å². The zero-order valence-electron chi connectivity index (χ0n) is 12.9. The van der Waals surface area contributed by atoms with Crippen LogP contribution in [0.4, 0.5) is 0 Å². The van der Waals surface area contributed by atoms with E-state index in [2.05, 4.69) is 41.8 Å². The Morgan fingerprint density at radius 2 is 2.19 bits per heavy atom. The van der Waals surface area contributed by atoms with Gasteiger partial charge in [-0.1, -0.05) is 31.2 Å². The first-order valence-electron chi connectivity index (χ1n) is 8.32. The smallest absolute Gasteiger partial charge is 0.227 e. The molecule has 1 saturated heterocycles. The first-order valence-corrected chi connectivity index (χ1v) is 8.32. The van der Waals surface area contributed by atoms with Crippen LogP contribution in [0.5, 0.6) is 0 Å². The molecule has 0 radical (unpaired) electrons. The van der Waals surface area contributed by atoms with Crippen molar-refractivity contribution >= 4 is 5.91 Å². The highest BCUT2D eigenvalue weighted by atomic mass is 16.1. The third-order valence-electron chi connectivity index (χ3n) is 5.19. The van der Waals surface area contributed by atoms with Crippen LogP contribution in [0.15, 0.2) is 24.3 Å². The minimum absolute atomic E-state index is 0.0620. The Kier molecular flexibility index (Phi) is 4.59. The molecule has 0 aromatic heterocycles. The van der Waals surface area contributed by atoms with Gasteiger partial charge >= 0.3 is 0 Å². The first kappa shape index (κ1) is 14.6. The van der Waals surface area contributed by atoms with Crippen molar-refractivity contribution in [2.24, 2.45) is 11.8 Å². The minimum Gasteiger partial charge on any atom is -0.355 e. The molecule has 0 saturated carbocycles. The van der Waals surface area contributed by atoms with Gasteiger partial charge in [0.25, 0.3) is 0 Å². The van der Waals surface area contributed by atoms with Crippen LogP contribution in [0, 0.1) is 11.8 Å². The predicted molar refractivity (Wildman–Crippen MR) is 85.3 cm³/mol. The van der Waals surface area contributed by atoms with Crippen molar-refractivity contribution in [2.45, 2.75) is 38.5 Å². The fraction of sp³-hybridized carbons (Fsp3) is 0.611. The molecule has 1 aliphatic heterocycles. The highest BCUT2D eigenvalue weighted by Gasteiger charge is 2.27. The number of amides is 1. The van der Waals surface area contributed by atoms with E-state index in [1.165, 1.54) is 17.5 Å². The molecule has 21 heavy (non-hydrogen) atoms. The van der Waals surface area contributed by atoms with Crippen LogP contribution in [0.3, 0.4) is 0 Å². The van der Waals surface area contributed by atoms with Gasteiger partial charge in [-0.2, -0.15) is 0 Å². The molecule has 2 N–H and O–H groups in total. The Morgan fingerprint density at radius 3 is 3.05 bits per heavy atom. The fourth-order valence-electron chi connectivity index (χ4n) is 3.75. The van der Waals surface area contributed by atoms with Crippen LogP contribution in [0.2, 0.25) is 0 Å². The number of carbonyl (C=O) groups is 1. The third-order valence-corrected chi connectivity index (χ3v) is 5.19. The van der Waals surface area contributed by atoms with Crippen molar-refractivity contribution in [1.82, 2.24) is 10.6 Å². The number of rotatable bonds is 3. The van der Waals surface area contributed by atoms with Gasteiger partial charge < -0.3 is 10.6 Å². The van der Waals surface area contributed by atoms with Crippen LogP contribution in [-0.4, -0.2) is 25.5 Å². The van der Waals surface area contributed by atoms with Gasteiger partial charge in [-0.05, 0) is 61.7 Å². The minimum atomic E-state index is 0.0620. The highest BCUT2D eigenvalue weighted by Crippen LogP contribution is 2.31. The van der Waals surface area contributed by atoms with Crippen molar-refractivity contribution in [3.63, 3.8) is 0 Å². The van der Waals surface area contributed by atoms with Gasteiger partial charge in [0.15, 0.2) is 0 Å². The fourth-order valence-corrected chi connectivity index (χ4v) is 3.75. The molecule has 0 bridgehead atoms. The number of aryl methyl sites for hydroxylation is 1. The zero-order chi connectivity index (χ0) is 14.7. The van der Waals surface area contributed by atoms with Gasteiger partial charge in [-0.15, -0.1) is 0 Å². The molecule has 1 fully saturated rings. The van der Waals surface area contributed by atoms with E-state index in [-0.39, 0.29) is 11.8 Å². The number of piperidine rings is 1. The maximum absolute atomic E-state index is 12.6. The van der Waals surface area contributed by atoms with Gasteiger partial charge in [0.1, 0.15) is 0 Å². The Hall–Kier alpha value is -1.35. The van der Waals surface area contributed by atoms with Gasteiger partial charge in [-0.3, -0.25) is 4.79 Å². The molecule has 2 aliphatic rings. The number of nitrogens with one attached hydrogen (secondary N) is 2. The maximum atomic E-state index is 12.6. The summed E-state index contributed by atoms with van der Waals surface area (Å²) in [6.45, 7) is 5.27. The number of benzene rings is 1. The molecule has 3 rings (SSSR count). The maximum Gasteiger partial charge on any atom is 0.227 e. The summed E-state index contributed by atoms with van der Waals surface area (Å²) in [5, 5.41) is 6.64. The van der Waals surface area contributed by atoms with Crippen LogP contribution in [-0.2, 0) is 11.2 Å². The molecule has 3 atom stereocenters. The summed E-state index contributed by atoms with van der Waals surface area (Å²) in [6, 6.07) is 8.44. The molecule has 114 valence electrons. The summed E-state index contributed by atoms with van der Waals surface area (Å²) in [6.07, 6.45) is 4.40. The van der Waals surface area contributed by atoms with Crippen LogP contribution in [0.25, 0.3) is 0 Å². The lowest BCUT2D eigenvalue weighted by Crippen LogP contribution is -2.42. The molecule has 3 nitrogen and oxygen atoms in total. The average Bonchev–Trinajstić information content (AvgIpc) is 2.53. The first-order chi connectivity index (χ1) is 10.3. The molecule has 1 amide bonds. The van der Waals surface area contributed by atoms with Gasteiger partial charge in [-0.25, -0.2) is 0 Å². The van der Waals surface area contributed by atoms with E-state index in [9.17, 15) is 4.79 Å². The quantitative estimate of drug-likeness (QED) is 0.896. The zero-order valence-corrected chi connectivity index (χ0v) is 12.9. The van der Waals surface area contributed by atoms with E-state index in [1.807, 2.05) is 0 Å². The SMILES string of the molecule is CC1CNCCC1CNC(=O)C1CCCc2ccccc21. The van der Waals surface area contributed by atoms with Crippen molar-refractivity contribution in [3.8, 4) is 0 Å². The molecule has 1 aromatic rings. The van der Waals surface area contributed by atoms with Crippen molar-refractivity contribution < 1.29 is 4.79 Å². The second kappa shape index (κ2) is 6.61. The molecule has 3 heteroatoms. The van der Waals surface area contributed by atoms with Crippen LogP contribution >= 0.6 is 0 Å². The summed E-state index contributed by atoms with van der Waals surface area (Å²) < 4.78 is 0. The summed E-state index contributed by atoms with van der Waals surface area (Å²) in [5.74, 6) is 1.56. The van der Waals surface area contributed by atoms with Crippen LogP contribution in [0.1, 0.15) is 43.2 Å². The summed E-state index contributed by atoms with van der Waals surface area (Å²) in [4.78, 5) is 12.6. The lowest BCUT2D eigenvalue weighted by molar-refractivity contribution is -0.123. The second-order valence-electron chi connectivity index (χ2n) is 6.62.